The molecule has 5 nitrogen and oxygen atoms in total. The molecular weight excluding hydrogens is 411 g/mol. The molecule has 1 saturated carbocycles. The van der Waals surface area contributed by atoms with Crippen LogP contribution in [0.1, 0.15) is 38.2 Å². The second kappa shape index (κ2) is 7.57. The number of nitrogens with one attached hydrogen (secondary N) is 1. The van der Waals surface area contributed by atoms with Crippen molar-refractivity contribution in [1.29, 1.82) is 0 Å². The molecule has 5 rings (SSSR count). The molecule has 158 valence electrons. The molecule has 2 heterocycles. The second-order valence-electron chi connectivity index (χ2n) is 8.68. The van der Waals surface area contributed by atoms with E-state index < -0.39 is 5.41 Å². The topological polar surface area (TPSA) is 59.8 Å². The number of amides is 1. The Labute approximate surface area is 183 Å². The number of thiazole rings is 1. The fourth-order valence-corrected chi connectivity index (χ4v) is 4.95. The number of rotatable bonds is 6. The molecule has 1 fully saturated rings. The largest absolute Gasteiger partial charge is 0.301 e. The first-order valence-corrected chi connectivity index (χ1v) is 11.3. The van der Waals surface area contributed by atoms with Gasteiger partial charge in [0.05, 0.1) is 22.8 Å². The number of carbonyl (C=O) groups excluding carboxylic acids is 1. The first-order chi connectivity index (χ1) is 14.9. The first kappa shape index (κ1) is 19.9. The lowest BCUT2D eigenvalue weighted by Crippen LogP contribution is -2.37. The Morgan fingerprint density at radius 3 is 2.68 bits per heavy atom. The summed E-state index contributed by atoms with van der Waals surface area (Å²) >= 11 is 1.42. The van der Waals surface area contributed by atoms with Crippen LogP contribution in [0, 0.1) is 17.2 Å². The molecule has 1 aliphatic rings. The van der Waals surface area contributed by atoms with Gasteiger partial charge in [0.25, 0.3) is 0 Å². The monoisotopic (exact) mass is 434 g/mol. The van der Waals surface area contributed by atoms with Gasteiger partial charge < -0.3 is 5.32 Å². The van der Waals surface area contributed by atoms with Gasteiger partial charge in [-0.2, -0.15) is 5.10 Å². The SMILES string of the molecule is CC(C)(C(=O)Nc1nccs1)C(c1ccc2c(cnn2-c2ccc(F)cc2)c1)C1CC1. The molecule has 1 aliphatic carbocycles. The molecule has 1 amide bonds. The zero-order valence-electron chi connectivity index (χ0n) is 17.4. The Morgan fingerprint density at radius 2 is 2.00 bits per heavy atom. The van der Waals surface area contributed by atoms with Crippen molar-refractivity contribution >= 4 is 33.3 Å². The summed E-state index contributed by atoms with van der Waals surface area (Å²) in [5.74, 6) is 0.308. The minimum atomic E-state index is -0.590. The van der Waals surface area contributed by atoms with Gasteiger partial charge in [-0.1, -0.05) is 19.9 Å². The number of carbonyl (C=O) groups is 1. The van der Waals surface area contributed by atoms with E-state index >= 15 is 0 Å². The maximum atomic E-state index is 13.3. The molecule has 2 aromatic carbocycles. The summed E-state index contributed by atoms with van der Waals surface area (Å²) in [7, 11) is 0. The van der Waals surface area contributed by atoms with E-state index in [-0.39, 0.29) is 17.6 Å². The van der Waals surface area contributed by atoms with E-state index in [0.29, 0.717) is 11.0 Å². The van der Waals surface area contributed by atoms with Crippen LogP contribution in [0.4, 0.5) is 9.52 Å². The summed E-state index contributed by atoms with van der Waals surface area (Å²) in [5.41, 5.74) is 2.32. The van der Waals surface area contributed by atoms with Gasteiger partial charge in [0, 0.05) is 22.9 Å². The van der Waals surface area contributed by atoms with Crippen LogP contribution >= 0.6 is 11.3 Å². The van der Waals surface area contributed by atoms with Crippen molar-refractivity contribution in [3.05, 3.63) is 71.6 Å². The molecule has 7 heteroatoms. The third-order valence-electron chi connectivity index (χ3n) is 6.13. The summed E-state index contributed by atoms with van der Waals surface area (Å²) in [6.45, 7) is 4.04. The average molecular weight is 435 g/mol. The molecule has 1 atom stereocenters. The highest BCUT2D eigenvalue weighted by atomic mass is 32.1. The zero-order valence-corrected chi connectivity index (χ0v) is 18.2. The number of benzene rings is 2. The van der Waals surface area contributed by atoms with Gasteiger partial charge in [-0.15, -0.1) is 11.3 Å². The Bertz CT molecular complexity index is 1230. The van der Waals surface area contributed by atoms with E-state index in [0.717, 1.165) is 35.0 Å². The third-order valence-corrected chi connectivity index (χ3v) is 6.82. The fourth-order valence-electron chi connectivity index (χ4n) is 4.43. The Morgan fingerprint density at radius 1 is 1.23 bits per heavy atom. The Hall–Kier alpha value is -3.06. The molecule has 0 spiro atoms. The van der Waals surface area contributed by atoms with Gasteiger partial charge in [0.2, 0.25) is 5.91 Å². The van der Waals surface area contributed by atoms with Crippen molar-refractivity contribution < 1.29 is 9.18 Å². The zero-order chi connectivity index (χ0) is 21.6. The summed E-state index contributed by atoms with van der Waals surface area (Å²) in [4.78, 5) is 17.4. The molecule has 0 saturated heterocycles. The van der Waals surface area contributed by atoms with Crippen LogP contribution in [-0.4, -0.2) is 20.7 Å². The average Bonchev–Trinajstić information content (AvgIpc) is 3.26. The minimum Gasteiger partial charge on any atom is -0.301 e. The van der Waals surface area contributed by atoms with Gasteiger partial charge in [-0.05, 0) is 60.7 Å². The summed E-state index contributed by atoms with van der Waals surface area (Å²) in [5, 5.41) is 11.0. The number of hydrogen-bond donors (Lipinski definition) is 1. The summed E-state index contributed by atoms with van der Waals surface area (Å²) < 4.78 is 15.1. The molecular formula is C24H23FN4OS. The van der Waals surface area contributed by atoms with E-state index in [4.69, 9.17) is 0 Å². The molecule has 4 aromatic rings. The van der Waals surface area contributed by atoms with Crippen LogP contribution < -0.4 is 5.32 Å². The molecule has 31 heavy (non-hydrogen) atoms. The van der Waals surface area contributed by atoms with E-state index in [2.05, 4.69) is 27.5 Å². The van der Waals surface area contributed by atoms with E-state index in [1.165, 1.54) is 23.5 Å². The van der Waals surface area contributed by atoms with Gasteiger partial charge in [0.15, 0.2) is 5.13 Å². The van der Waals surface area contributed by atoms with E-state index in [9.17, 15) is 9.18 Å². The van der Waals surface area contributed by atoms with Crippen molar-refractivity contribution in [2.45, 2.75) is 32.6 Å². The molecule has 2 aromatic heterocycles. The van der Waals surface area contributed by atoms with Gasteiger partial charge in [-0.3, -0.25) is 4.79 Å². The van der Waals surface area contributed by atoms with Crippen LogP contribution in [0.2, 0.25) is 0 Å². The standard InChI is InChI=1S/C24H23FN4OS/c1-24(2,22(30)28-23-26-11-12-31-23)21(15-3-4-15)16-5-10-20-17(13-16)14-27-29(20)19-8-6-18(25)7-9-19/h5-15,21H,3-4H2,1-2H3,(H,26,28,30). The van der Waals surface area contributed by atoms with Gasteiger partial charge >= 0.3 is 0 Å². The molecule has 0 aliphatic heterocycles. The number of anilines is 1. The van der Waals surface area contributed by atoms with Gasteiger partial charge in [0.1, 0.15) is 5.82 Å². The van der Waals surface area contributed by atoms with Crippen molar-refractivity contribution in [2.75, 3.05) is 5.32 Å². The summed E-state index contributed by atoms with van der Waals surface area (Å²) in [6, 6.07) is 12.6. The van der Waals surface area contributed by atoms with Crippen LogP contribution in [0.3, 0.4) is 0 Å². The maximum Gasteiger partial charge on any atom is 0.232 e. The smallest absolute Gasteiger partial charge is 0.232 e. The van der Waals surface area contributed by atoms with Crippen molar-refractivity contribution in [3.63, 3.8) is 0 Å². The van der Waals surface area contributed by atoms with Crippen molar-refractivity contribution in [1.82, 2.24) is 14.8 Å². The van der Waals surface area contributed by atoms with Crippen LogP contribution in [-0.2, 0) is 4.79 Å². The minimum absolute atomic E-state index is 0.0125. The lowest BCUT2D eigenvalue weighted by atomic mass is 9.71. The van der Waals surface area contributed by atoms with Crippen molar-refractivity contribution in [3.8, 4) is 5.69 Å². The second-order valence-corrected chi connectivity index (χ2v) is 9.57. The van der Waals surface area contributed by atoms with E-state index in [1.807, 2.05) is 36.2 Å². The molecule has 0 bridgehead atoms. The number of nitrogens with zero attached hydrogens (tertiary/aromatic N) is 3. The Kier molecular flexibility index (Phi) is 4.85. The highest BCUT2D eigenvalue weighted by Gasteiger charge is 2.46. The van der Waals surface area contributed by atoms with Crippen LogP contribution in [0.15, 0.2) is 60.2 Å². The predicted octanol–water partition coefficient (Wildman–Crippen LogP) is 5.78. The highest BCUT2D eigenvalue weighted by Crippen LogP contribution is 2.52. The maximum absolute atomic E-state index is 13.3. The number of aromatic nitrogens is 3. The lowest BCUT2D eigenvalue weighted by molar-refractivity contribution is -0.125. The molecule has 0 radical (unpaired) electrons. The molecule has 1 unspecified atom stereocenters. The third kappa shape index (κ3) is 3.74. The predicted molar refractivity (Wildman–Crippen MR) is 121 cm³/mol. The van der Waals surface area contributed by atoms with E-state index in [1.54, 1.807) is 18.3 Å². The highest BCUT2D eigenvalue weighted by molar-refractivity contribution is 7.13. The quantitative estimate of drug-likeness (QED) is 0.418. The molecule has 1 N–H and O–H groups in total. The lowest BCUT2D eigenvalue weighted by Gasteiger charge is -2.33. The van der Waals surface area contributed by atoms with Crippen molar-refractivity contribution in [2.24, 2.45) is 11.3 Å². The first-order valence-electron chi connectivity index (χ1n) is 10.4. The number of halogens is 1. The van der Waals surface area contributed by atoms with Crippen LogP contribution in [0.5, 0.6) is 0 Å². The Balaban J connectivity index is 1.48. The number of hydrogen-bond acceptors (Lipinski definition) is 4. The van der Waals surface area contributed by atoms with Gasteiger partial charge in [-0.25, -0.2) is 14.1 Å². The number of fused-ring (bicyclic) bond motifs is 1. The normalized spacial score (nSPS) is 15.2. The van der Waals surface area contributed by atoms with Crippen LogP contribution in [0.25, 0.3) is 16.6 Å². The fraction of sp³-hybridized carbons (Fsp3) is 0.292. The summed E-state index contributed by atoms with van der Waals surface area (Å²) in [6.07, 6.45) is 5.78.